The summed E-state index contributed by atoms with van der Waals surface area (Å²) in [6, 6.07) is 4.01. The molecule has 0 bridgehead atoms. The first-order valence-electron chi connectivity index (χ1n) is 5.66. The largest absolute Gasteiger partial charge is 0.496 e. The minimum absolute atomic E-state index is 0.454. The van der Waals surface area contributed by atoms with Crippen molar-refractivity contribution < 1.29 is 9.47 Å². The molecule has 0 aliphatic rings. The Morgan fingerprint density at radius 1 is 1.25 bits per heavy atom. The first kappa shape index (κ1) is 13.3. The fourth-order valence-electron chi connectivity index (χ4n) is 2.05. The molecule has 2 unspecified atom stereocenters. The van der Waals surface area contributed by atoms with E-state index in [1.807, 2.05) is 12.1 Å². The Balaban J connectivity index is 3.24. The molecule has 0 aliphatic heterocycles. The molecule has 90 valence electrons. The average molecular weight is 240 g/mol. The smallest absolute Gasteiger partial charge is 0.133 e. The lowest BCUT2D eigenvalue weighted by Crippen LogP contribution is -2.07. The van der Waals surface area contributed by atoms with E-state index in [0.29, 0.717) is 5.92 Å². The van der Waals surface area contributed by atoms with Gasteiger partial charge in [0.15, 0.2) is 0 Å². The zero-order valence-electron chi connectivity index (χ0n) is 10.5. The maximum atomic E-state index is 5.49. The molecule has 0 saturated carbocycles. The summed E-state index contributed by atoms with van der Waals surface area (Å²) in [5.74, 6) is 2.31. The summed E-state index contributed by atoms with van der Waals surface area (Å²) < 4.78 is 10.9. The molecule has 0 radical (unpaired) electrons. The molecule has 0 spiro atoms. The normalized spacial score (nSPS) is 12.3. The van der Waals surface area contributed by atoms with Crippen molar-refractivity contribution in [1.29, 1.82) is 0 Å². The van der Waals surface area contributed by atoms with E-state index in [4.69, 9.17) is 9.47 Å². The molecule has 2 atom stereocenters. The standard InChI is InChI=1S/C13H21O2P/c1-5-6-9(2)12-10(14-3)7-8-11(16)13(12)15-4/h7-9H,5-6,16H2,1-4H3. The third-order valence-corrected chi connectivity index (χ3v) is 3.28. The Morgan fingerprint density at radius 2 is 1.94 bits per heavy atom. The van der Waals surface area contributed by atoms with Gasteiger partial charge in [-0.15, -0.1) is 9.24 Å². The van der Waals surface area contributed by atoms with Gasteiger partial charge in [-0.05, 0) is 24.5 Å². The molecular weight excluding hydrogens is 219 g/mol. The summed E-state index contributed by atoms with van der Waals surface area (Å²) in [4.78, 5) is 0. The van der Waals surface area contributed by atoms with E-state index < -0.39 is 0 Å². The van der Waals surface area contributed by atoms with Gasteiger partial charge in [-0.3, -0.25) is 0 Å². The molecule has 0 fully saturated rings. The third-order valence-electron chi connectivity index (χ3n) is 2.83. The monoisotopic (exact) mass is 240 g/mol. The number of rotatable bonds is 5. The Hall–Kier alpha value is -0.750. The molecule has 0 heterocycles. The maximum Gasteiger partial charge on any atom is 0.133 e. The van der Waals surface area contributed by atoms with Gasteiger partial charge in [0.1, 0.15) is 11.5 Å². The summed E-state index contributed by atoms with van der Waals surface area (Å²) in [5, 5.41) is 1.08. The molecule has 2 nitrogen and oxygen atoms in total. The summed E-state index contributed by atoms with van der Waals surface area (Å²) in [7, 11) is 6.13. The van der Waals surface area contributed by atoms with Crippen molar-refractivity contribution in [2.45, 2.75) is 32.6 Å². The highest BCUT2D eigenvalue weighted by Crippen LogP contribution is 2.36. The quantitative estimate of drug-likeness (QED) is 0.736. The van der Waals surface area contributed by atoms with Crippen molar-refractivity contribution in [3.8, 4) is 11.5 Å². The molecule has 1 aromatic rings. The number of ether oxygens (including phenoxy) is 2. The molecule has 0 saturated heterocycles. The van der Waals surface area contributed by atoms with Crippen LogP contribution in [0.25, 0.3) is 0 Å². The van der Waals surface area contributed by atoms with Gasteiger partial charge in [-0.25, -0.2) is 0 Å². The lowest BCUT2D eigenvalue weighted by molar-refractivity contribution is 0.380. The molecule has 0 amide bonds. The molecule has 0 aromatic heterocycles. The van der Waals surface area contributed by atoms with Crippen molar-refractivity contribution in [2.24, 2.45) is 0 Å². The molecule has 1 rings (SSSR count). The predicted molar refractivity (Wildman–Crippen MR) is 72.2 cm³/mol. The van der Waals surface area contributed by atoms with Gasteiger partial charge in [0.05, 0.1) is 14.2 Å². The van der Waals surface area contributed by atoms with Crippen LogP contribution in [0.2, 0.25) is 0 Å². The number of hydrogen-bond donors (Lipinski definition) is 0. The zero-order valence-corrected chi connectivity index (χ0v) is 11.7. The van der Waals surface area contributed by atoms with Gasteiger partial charge >= 0.3 is 0 Å². The Labute approximate surface area is 101 Å². The zero-order chi connectivity index (χ0) is 12.1. The maximum absolute atomic E-state index is 5.49. The van der Waals surface area contributed by atoms with Gasteiger partial charge in [-0.2, -0.15) is 0 Å². The first-order valence-corrected chi connectivity index (χ1v) is 6.23. The third kappa shape index (κ3) is 2.68. The van der Waals surface area contributed by atoms with E-state index in [2.05, 4.69) is 23.1 Å². The second-order valence-electron chi connectivity index (χ2n) is 3.99. The molecule has 3 heteroatoms. The van der Waals surface area contributed by atoms with E-state index >= 15 is 0 Å². The molecule has 16 heavy (non-hydrogen) atoms. The van der Waals surface area contributed by atoms with Crippen LogP contribution in [0, 0.1) is 0 Å². The highest BCUT2D eigenvalue weighted by Gasteiger charge is 2.18. The number of methoxy groups -OCH3 is 2. The lowest BCUT2D eigenvalue weighted by Gasteiger charge is -2.20. The van der Waals surface area contributed by atoms with E-state index in [1.54, 1.807) is 14.2 Å². The molecule has 0 aliphatic carbocycles. The Kier molecular flexibility index (Phi) is 5.08. The summed E-state index contributed by atoms with van der Waals surface area (Å²) in [6.45, 7) is 4.41. The summed E-state index contributed by atoms with van der Waals surface area (Å²) >= 11 is 0. The van der Waals surface area contributed by atoms with Crippen molar-refractivity contribution in [1.82, 2.24) is 0 Å². The molecule has 1 aromatic carbocycles. The van der Waals surface area contributed by atoms with E-state index in [1.165, 1.54) is 5.56 Å². The highest BCUT2D eigenvalue weighted by atomic mass is 31.0. The first-order chi connectivity index (χ1) is 7.65. The van der Waals surface area contributed by atoms with Crippen molar-refractivity contribution in [2.75, 3.05) is 14.2 Å². The summed E-state index contributed by atoms with van der Waals surface area (Å²) in [6.07, 6.45) is 2.30. The molecule has 0 N–H and O–H groups in total. The van der Waals surface area contributed by atoms with Crippen molar-refractivity contribution in [3.63, 3.8) is 0 Å². The van der Waals surface area contributed by atoms with Crippen LogP contribution in [0.5, 0.6) is 11.5 Å². The van der Waals surface area contributed by atoms with E-state index in [0.717, 1.165) is 29.6 Å². The molecular formula is C13H21O2P. The van der Waals surface area contributed by atoms with Gasteiger partial charge in [-0.1, -0.05) is 20.3 Å². The van der Waals surface area contributed by atoms with Crippen LogP contribution in [0.15, 0.2) is 12.1 Å². The highest BCUT2D eigenvalue weighted by molar-refractivity contribution is 7.27. The van der Waals surface area contributed by atoms with E-state index in [9.17, 15) is 0 Å². The van der Waals surface area contributed by atoms with Gasteiger partial charge in [0.25, 0.3) is 0 Å². The second kappa shape index (κ2) is 6.10. The predicted octanol–water partition coefficient (Wildman–Crippen LogP) is 3.11. The van der Waals surface area contributed by atoms with Crippen molar-refractivity contribution in [3.05, 3.63) is 17.7 Å². The number of hydrogen-bond acceptors (Lipinski definition) is 2. The SMILES string of the molecule is CCCC(C)c1c(OC)ccc(P)c1OC. The number of benzene rings is 1. The van der Waals surface area contributed by atoms with Gasteiger partial charge in [0.2, 0.25) is 0 Å². The van der Waals surface area contributed by atoms with Crippen LogP contribution in [0.4, 0.5) is 0 Å². The summed E-state index contributed by atoms with van der Waals surface area (Å²) in [5.41, 5.74) is 1.18. The fourth-order valence-corrected chi connectivity index (χ4v) is 2.42. The topological polar surface area (TPSA) is 18.5 Å². The van der Waals surface area contributed by atoms with E-state index in [-0.39, 0.29) is 0 Å². The van der Waals surface area contributed by atoms with Crippen LogP contribution < -0.4 is 14.8 Å². The van der Waals surface area contributed by atoms with Gasteiger partial charge < -0.3 is 9.47 Å². The van der Waals surface area contributed by atoms with Crippen LogP contribution in [0.3, 0.4) is 0 Å². The Morgan fingerprint density at radius 3 is 2.44 bits per heavy atom. The average Bonchev–Trinajstić information content (AvgIpc) is 2.28. The minimum atomic E-state index is 0.454. The van der Waals surface area contributed by atoms with Crippen LogP contribution in [-0.2, 0) is 0 Å². The Bertz CT molecular complexity index is 350. The second-order valence-corrected chi connectivity index (χ2v) is 4.62. The minimum Gasteiger partial charge on any atom is -0.496 e. The fraction of sp³-hybridized carbons (Fsp3) is 0.538. The van der Waals surface area contributed by atoms with Crippen LogP contribution in [0.1, 0.15) is 38.2 Å². The van der Waals surface area contributed by atoms with Crippen molar-refractivity contribution >= 4 is 14.5 Å². The van der Waals surface area contributed by atoms with Gasteiger partial charge in [0, 0.05) is 10.9 Å². The van der Waals surface area contributed by atoms with Crippen LogP contribution in [-0.4, -0.2) is 14.2 Å². The van der Waals surface area contributed by atoms with Crippen LogP contribution >= 0.6 is 9.24 Å². The lowest BCUT2D eigenvalue weighted by atomic mass is 9.94.